The molecule has 0 aromatic heterocycles. The molecule has 2 atom stereocenters. The number of amides is 2. The first-order valence-electron chi connectivity index (χ1n) is 11.8. The van der Waals surface area contributed by atoms with E-state index in [1.165, 1.54) is 12.1 Å². The molecule has 1 aliphatic rings. The summed E-state index contributed by atoms with van der Waals surface area (Å²) in [6.07, 6.45) is 0.575. The van der Waals surface area contributed by atoms with Crippen molar-refractivity contribution in [3.8, 4) is 5.75 Å². The van der Waals surface area contributed by atoms with Crippen LogP contribution in [0.5, 0.6) is 5.75 Å². The van der Waals surface area contributed by atoms with Crippen molar-refractivity contribution in [3.63, 3.8) is 0 Å². The Bertz CT molecular complexity index is 1000. The summed E-state index contributed by atoms with van der Waals surface area (Å²) in [7, 11) is 1.58. The van der Waals surface area contributed by atoms with E-state index in [0.717, 1.165) is 16.7 Å². The van der Waals surface area contributed by atoms with E-state index in [1.807, 2.05) is 50.8 Å². The molecule has 3 rings (SSSR count). The fourth-order valence-corrected chi connectivity index (χ4v) is 4.20. The van der Waals surface area contributed by atoms with Crippen molar-refractivity contribution in [1.29, 1.82) is 0 Å². The van der Waals surface area contributed by atoms with Crippen molar-refractivity contribution in [2.45, 2.75) is 52.7 Å². The van der Waals surface area contributed by atoms with E-state index >= 15 is 0 Å². The summed E-state index contributed by atoms with van der Waals surface area (Å²) in [4.78, 5) is 27.8. The fraction of sp³-hybridized carbons (Fsp3) is 0.481. The van der Waals surface area contributed by atoms with Crippen LogP contribution in [0.15, 0.2) is 42.5 Å². The lowest BCUT2D eigenvalue weighted by Crippen LogP contribution is -2.45. The standard InChI is InChI=1S/C27H35FN2O4/c1-6-23(25(31)29-14-16-33-5)34-21-12-9-18-13-15-30(26(32)27(2,3)4)24(22(18)17-21)19-7-10-20(28)11-8-19/h7-12,17,23-24H,6,13-16H2,1-5H3,(H,29,31)/t23-,24-/m1/s1. The Labute approximate surface area is 201 Å². The molecule has 1 heterocycles. The maximum atomic E-state index is 13.7. The normalized spacial score (nSPS) is 16.5. The number of methoxy groups -OCH3 is 1. The molecule has 34 heavy (non-hydrogen) atoms. The molecule has 0 fully saturated rings. The molecule has 0 saturated carbocycles. The third kappa shape index (κ3) is 5.95. The van der Waals surface area contributed by atoms with Gasteiger partial charge in [-0.1, -0.05) is 45.9 Å². The van der Waals surface area contributed by atoms with Crippen molar-refractivity contribution in [2.75, 3.05) is 26.8 Å². The van der Waals surface area contributed by atoms with Gasteiger partial charge in [0.1, 0.15) is 11.6 Å². The molecule has 0 radical (unpaired) electrons. The molecule has 0 aliphatic carbocycles. The predicted molar refractivity (Wildman–Crippen MR) is 129 cm³/mol. The van der Waals surface area contributed by atoms with Crippen LogP contribution < -0.4 is 10.1 Å². The summed E-state index contributed by atoms with van der Waals surface area (Å²) in [5.74, 6) is 0.0696. The van der Waals surface area contributed by atoms with Gasteiger partial charge in [-0.25, -0.2) is 4.39 Å². The molecule has 2 aromatic carbocycles. The second kappa shape index (κ2) is 11.0. The highest BCUT2D eigenvalue weighted by Gasteiger charge is 2.37. The maximum absolute atomic E-state index is 13.7. The highest BCUT2D eigenvalue weighted by atomic mass is 19.1. The van der Waals surface area contributed by atoms with Crippen LogP contribution in [0.3, 0.4) is 0 Å². The molecule has 7 heteroatoms. The van der Waals surface area contributed by atoms with Gasteiger partial charge in [0.15, 0.2) is 6.10 Å². The Kier molecular flexibility index (Phi) is 8.31. The van der Waals surface area contributed by atoms with Crippen LogP contribution in [0.1, 0.15) is 56.8 Å². The van der Waals surface area contributed by atoms with Crippen LogP contribution in [0, 0.1) is 11.2 Å². The van der Waals surface area contributed by atoms with E-state index < -0.39 is 11.5 Å². The van der Waals surface area contributed by atoms with Crippen molar-refractivity contribution < 1.29 is 23.5 Å². The summed E-state index contributed by atoms with van der Waals surface area (Å²) >= 11 is 0. The lowest BCUT2D eigenvalue weighted by atomic mass is 9.85. The number of carbonyl (C=O) groups is 2. The minimum atomic E-state index is -0.643. The first-order valence-corrected chi connectivity index (χ1v) is 11.8. The van der Waals surface area contributed by atoms with Gasteiger partial charge >= 0.3 is 0 Å². The molecule has 184 valence electrons. The monoisotopic (exact) mass is 470 g/mol. The largest absolute Gasteiger partial charge is 0.481 e. The second-order valence-corrected chi connectivity index (χ2v) is 9.61. The van der Waals surface area contributed by atoms with Gasteiger partial charge in [-0.3, -0.25) is 9.59 Å². The summed E-state index contributed by atoms with van der Waals surface area (Å²) in [6.45, 7) is 9.02. The molecule has 2 aromatic rings. The van der Waals surface area contributed by atoms with Crippen LogP contribution in [0.2, 0.25) is 0 Å². The first kappa shape index (κ1) is 25.7. The lowest BCUT2D eigenvalue weighted by molar-refractivity contribution is -0.141. The van der Waals surface area contributed by atoms with E-state index in [0.29, 0.717) is 38.3 Å². The number of halogens is 1. The van der Waals surface area contributed by atoms with Gasteiger partial charge in [0, 0.05) is 25.6 Å². The first-order chi connectivity index (χ1) is 16.2. The number of nitrogens with zero attached hydrogens (tertiary/aromatic N) is 1. The molecule has 2 amide bonds. The van der Waals surface area contributed by atoms with Crippen LogP contribution in [-0.4, -0.2) is 49.6 Å². The van der Waals surface area contributed by atoms with Crippen molar-refractivity contribution in [3.05, 3.63) is 65.0 Å². The van der Waals surface area contributed by atoms with Crippen LogP contribution >= 0.6 is 0 Å². The van der Waals surface area contributed by atoms with Crippen molar-refractivity contribution in [2.24, 2.45) is 5.41 Å². The van der Waals surface area contributed by atoms with E-state index in [-0.39, 0.29) is 23.7 Å². The average Bonchev–Trinajstić information content (AvgIpc) is 2.81. The number of ether oxygens (including phenoxy) is 2. The number of fused-ring (bicyclic) bond motifs is 1. The second-order valence-electron chi connectivity index (χ2n) is 9.61. The number of hydrogen-bond donors (Lipinski definition) is 1. The maximum Gasteiger partial charge on any atom is 0.261 e. The summed E-state index contributed by atoms with van der Waals surface area (Å²) in [5, 5.41) is 2.82. The van der Waals surface area contributed by atoms with Gasteiger partial charge in [0.2, 0.25) is 5.91 Å². The van der Waals surface area contributed by atoms with Gasteiger partial charge < -0.3 is 19.7 Å². The zero-order valence-corrected chi connectivity index (χ0v) is 20.7. The van der Waals surface area contributed by atoms with E-state index in [4.69, 9.17) is 9.47 Å². The number of benzene rings is 2. The average molecular weight is 471 g/mol. The van der Waals surface area contributed by atoms with Gasteiger partial charge in [0.25, 0.3) is 5.91 Å². The SMILES string of the molecule is CC[C@@H](Oc1ccc2c(c1)[C@@H](c1ccc(F)cc1)N(C(=O)C(C)(C)C)CC2)C(=O)NCCOC. The zero-order valence-electron chi connectivity index (χ0n) is 20.7. The summed E-state index contributed by atoms with van der Waals surface area (Å²) in [5.41, 5.74) is 2.32. The summed E-state index contributed by atoms with van der Waals surface area (Å²) in [6, 6.07) is 11.7. The van der Waals surface area contributed by atoms with Crippen molar-refractivity contribution >= 4 is 11.8 Å². The molecular weight excluding hydrogens is 435 g/mol. The summed E-state index contributed by atoms with van der Waals surface area (Å²) < 4.78 is 24.7. The van der Waals surface area contributed by atoms with Crippen LogP contribution in [-0.2, 0) is 20.7 Å². The Morgan fingerprint density at radius 2 is 1.88 bits per heavy atom. The topological polar surface area (TPSA) is 67.9 Å². The molecule has 0 unspecified atom stereocenters. The van der Waals surface area contributed by atoms with Gasteiger partial charge in [-0.05, 0) is 53.8 Å². The number of carbonyl (C=O) groups excluding carboxylic acids is 2. The van der Waals surface area contributed by atoms with Gasteiger partial charge in [0.05, 0.1) is 12.6 Å². The minimum Gasteiger partial charge on any atom is -0.481 e. The fourth-order valence-electron chi connectivity index (χ4n) is 4.20. The number of hydrogen-bond acceptors (Lipinski definition) is 4. The van der Waals surface area contributed by atoms with E-state index in [2.05, 4.69) is 5.32 Å². The Morgan fingerprint density at radius 3 is 2.50 bits per heavy atom. The third-order valence-electron chi connectivity index (χ3n) is 5.98. The van der Waals surface area contributed by atoms with E-state index in [1.54, 1.807) is 19.2 Å². The Balaban J connectivity index is 1.96. The lowest BCUT2D eigenvalue weighted by Gasteiger charge is -2.41. The smallest absolute Gasteiger partial charge is 0.261 e. The minimum absolute atomic E-state index is 0.0303. The van der Waals surface area contributed by atoms with Gasteiger partial charge in [-0.15, -0.1) is 0 Å². The van der Waals surface area contributed by atoms with Crippen LogP contribution in [0.25, 0.3) is 0 Å². The molecule has 0 saturated heterocycles. The van der Waals surface area contributed by atoms with Crippen molar-refractivity contribution in [1.82, 2.24) is 10.2 Å². The molecule has 0 spiro atoms. The third-order valence-corrected chi connectivity index (χ3v) is 5.98. The highest BCUT2D eigenvalue weighted by Crippen LogP contribution is 2.39. The number of rotatable bonds is 8. The Morgan fingerprint density at radius 1 is 1.18 bits per heavy atom. The molecule has 1 N–H and O–H groups in total. The van der Waals surface area contributed by atoms with E-state index in [9.17, 15) is 14.0 Å². The molecule has 0 bridgehead atoms. The molecule has 6 nitrogen and oxygen atoms in total. The highest BCUT2D eigenvalue weighted by molar-refractivity contribution is 5.83. The van der Waals surface area contributed by atoms with Gasteiger partial charge in [-0.2, -0.15) is 0 Å². The quantitative estimate of drug-likeness (QED) is 0.586. The Hall–Kier alpha value is -2.93. The molecular formula is C27H35FN2O4. The molecule has 1 aliphatic heterocycles. The van der Waals surface area contributed by atoms with Crippen LogP contribution in [0.4, 0.5) is 4.39 Å². The number of nitrogens with one attached hydrogen (secondary N) is 1. The zero-order chi connectivity index (χ0) is 24.9. The predicted octanol–water partition coefficient (Wildman–Crippen LogP) is 4.27.